The first-order chi connectivity index (χ1) is 10.4. The summed E-state index contributed by atoms with van der Waals surface area (Å²) in [6, 6.07) is 6.63. The summed E-state index contributed by atoms with van der Waals surface area (Å²) < 4.78 is 39.4. The Labute approximate surface area is 124 Å². The van der Waals surface area contributed by atoms with Crippen molar-refractivity contribution < 1.29 is 13.2 Å². The van der Waals surface area contributed by atoms with Crippen LogP contribution in [0.2, 0.25) is 0 Å². The molecule has 0 unspecified atom stereocenters. The van der Waals surface area contributed by atoms with Crippen LogP contribution in [0.15, 0.2) is 49.1 Å². The highest BCUT2D eigenvalue weighted by Gasteiger charge is 2.30. The molecule has 0 radical (unpaired) electrons. The third-order valence-corrected chi connectivity index (χ3v) is 3.09. The van der Waals surface area contributed by atoms with Gasteiger partial charge in [-0.1, -0.05) is 12.1 Å². The largest absolute Gasteiger partial charge is 0.416 e. The molecule has 0 bridgehead atoms. The van der Waals surface area contributed by atoms with E-state index in [4.69, 9.17) is 0 Å². The van der Waals surface area contributed by atoms with E-state index in [2.05, 4.69) is 15.0 Å². The molecule has 4 nitrogen and oxygen atoms in total. The van der Waals surface area contributed by atoms with Crippen molar-refractivity contribution in [2.24, 2.45) is 0 Å². The topological polar surface area (TPSA) is 43.6 Å². The molecule has 3 rings (SSSR count). The van der Waals surface area contributed by atoms with Crippen molar-refractivity contribution in [1.29, 1.82) is 0 Å². The molecule has 2 aromatic heterocycles. The number of aryl methyl sites for hydroxylation is 1. The molecule has 112 valence electrons. The van der Waals surface area contributed by atoms with Crippen LogP contribution in [0, 0.1) is 6.92 Å². The molecule has 2 heterocycles. The summed E-state index contributed by atoms with van der Waals surface area (Å²) in [5.41, 5.74) is 1.19. The molecule has 0 saturated carbocycles. The van der Waals surface area contributed by atoms with Crippen molar-refractivity contribution in [2.45, 2.75) is 13.1 Å². The van der Waals surface area contributed by atoms with E-state index in [0.29, 0.717) is 22.9 Å². The number of alkyl halides is 3. The van der Waals surface area contributed by atoms with Crippen LogP contribution >= 0.6 is 0 Å². The summed E-state index contributed by atoms with van der Waals surface area (Å²) in [5.74, 6) is 0.424. The Hall–Kier alpha value is -2.70. The van der Waals surface area contributed by atoms with Crippen LogP contribution in [0.1, 0.15) is 11.3 Å². The molecule has 22 heavy (non-hydrogen) atoms. The first-order valence-corrected chi connectivity index (χ1v) is 6.45. The lowest BCUT2D eigenvalue weighted by atomic mass is 10.1. The second kappa shape index (κ2) is 5.25. The monoisotopic (exact) mass is 304 g/mol. The van der Waals surface area contributed by atoms with E-state index in [9.17, 15) is 13.2 Å². The van der Waals surface area contributed by atoms with Crippen molar-refractivity contribution in [3.8, 4) is 17.2 Å². The van der Waals surface area contributed by atoms with Crippen molar-refractivity contribution in [2.75, 3.05) is 0 Å². The molecular formula is C15H11F3N4. The maximum atomic E-state index is 12.6. The SMILES string of the molecule is Cc1cc(-c2ccc(C(F)(F)F)cc2)nc(-n2ccnc2)n1. The van der Waals surface area contributed by atoms with Crippen LogP contribution in [0.3, 0.4) is 0 Å². The van der Waals surface area contributed by atoms with E-state index in [0.717, 1.165) is 12.1 Å². The van der Waals surface area contributed by atoms with Gasteiger partial charge in [-0.25, -0.2) is 15.0 Å². The van der Waals surface area contributed by atoms with Gasteiger partial charge in [0.2, 0.25) is 5.95 Å². The van der Waals surface area contributed by atoms with Crippen molar-refractivity contribution >= 4 is 0 Å². The Balaban J connectivity index is 2.01. The van der Waals surface area contributed by atoms with Gasteiger partial charge < -0.3 is 0 Å². The van der Waals surface area contributed by atoms with E-state index >= 15 is 0 Å². The normalized spacial score (nSPS) is 11.6. The summed E-state index contributed by atoms with van der Waals surface area (Å²) >= 11 is 0. The van der Waals surface area contributed by atoms with Gasteiger partial charge in [0.25, 0.3) is 0 Å². The molecule has 0 atom stereocenters. The van der Waals surface area contributed by atoms with E-state index < -0.39 is 11.7 Å². The molecule has 0 aliphatic carbocycles. The van der Waals surface area contributed by atoms with E-state index in [-0.39, 0.29) is 0 Å². The molecule has 0 amide bonds. The fourth-order valence-corrected chi connectivity index (χ4v) is 2.02. The number of nitrogens with zero attached hydrogens (tertiary/aromatic N) is 4. The fraction of sp³-hybridized carbons (Fsp3) is 0.133. The van der Waals surface area contributed by atoms with Crippen molar-refractivity contribution in [1.82, 2.24) is 19.5 Å². The maximum Gasteiger partial charge on any atom is 0.416 e. The second-order valence-electron chi connectivity index (χ2n) is 4.74. The summed E-state index contributed by atoms with van der Waals surface area (Å²) in [5, 5.41) is 0. The Morgan fingerprint density at radius 3 is 2.36 bits per heavy atom. The first-order valence-electron chi connectivity index (χ1n) is 6.45. The average Bonchev–Trinajstić information content (AvgIpc) is 3.00. The smallest absolute Gasteiger partial charge is 0.274 e. The van der Waals surface area contributed by atoms with Crippen LogP contribution in [0.4, 0.5) is 13.2 Å². The molecule has 0 aliphatic rings. The van der Waals surface area contributed by atoms with Gasteiger partial charge in [-0.05, 0) is 25.1 Å². The molecule has 3 aromatic rings. The summed E-state index contributed by atoms with van der Waals surface area (Å²) in [6.07, 6.45) is 0.516. The minimum atomic E-state index is -4.35. The van der Waals surface area contributed by atoms with E-state index in [1.807, 2.05) is 0 Å². The van der Waals surface area contributed by atoms with Gasteiger partial charge in [0.15, 0.2) is 0 Å². The molecule has 0 fully saturated rings. The standard InChI is InChI=1S/C15H11F3N4/c1-10-8-13(21-14(20-10)22-7-6-19-9-22)11-2-4-12(5-3-11)15(16,17)18/h2-9H,1H3. The van der Waals surface area contributed by atoms with Gasteiger partial charge in [0.05, 0.1) is 11.3 Å². The summed E-state index contributed by atoms with van der Waals surface area (Å²) in [4.78, 5) is 12.6. The third-order valence-electron chi connectivity index (χ3n) is 3.09. The zero-order valence-electron chi connectivity index (χ0n) is 11.5. The number of hydrogen-bond donors (Lipinski definition) is 0. The number of hydrogen-bond acceptors (Lipinski definition) is 3. The number of imidazole rings is 1. The Bertz CT molecular complexity index is 778. The zero-order valence-corrected chi connectivity index (χ0v) is 11.5. The van der Waals surface area contributed by atoms with Gasteiger partial charge in [-0.15, -0.1) is 0 Å². The second-order valence-corrected chi connectivity index (χ2v) is 4.74. The minimum absolute atomic E-state index is 0.424. The lowest BCUT2D eigenvalue weighted by Gasteiger charge is -2.09. The predicted octanol–water partition coefficient (Wildman–Crippen LogP) is 3.66. The van der Waals surface area contributed by atoms with Crippen molar-refractivity contribution in [3.63, 3.8) is 0 Å². The van der Waals surface area contributed by atoms with Gasteiger partial charge in [-0.2, -0.15) is 13.2 Å². The maximum absolute atomic E-state index is 12.6. The Kier molecular flexibility index (Phi) is 3.40. The van der Waals surface area contributed by atoms with Crippen molar-refractivity contribution in [3.05, 3.63) is 60.3 Å². The molecule has 7 heteroatoms. The highest BCUT2D eigenvalue weighted by atomic mass is 19.4. The summed E-state index contributed by atoms with van der Waals surface area (Å²) in [6.45, 7) is 1.80. The van der Waals surface area contributed by atoms with Gasteiger partial charge in [0, 0.05) is 23.7 Å². The quantitative estimate of drug-likeness (QED) is 0.725. The highest BCUT2D eigenvalue weighted by Crippen LogP contribution is 2.30. The van der Waals surface area contributed by atoms with Crippen LogP contribution < -0.4 is 0 Å². The van der Waals surface area contributed by atoms with Crippen LogP contribution in [-0.2, 0) is 6.18 Å². The Morgan fingerprint density at radius 1 is 1.05 bits per heavy atom. The lowest BCUT2D eigenvalue weighted by molar-refractivity contribution is -0.137. The molecule has 1 aromatic carbocycles. The number of benzene rings is 1. The molecule has 0 N–H and O–H groups in total. The minimum Gasteiger partial charge on any atom is -0.274 e. The third kappa shape index (κ3) is 2.83. The molecule has 0 saturated heterocycles. The van der Waals surface area contributed by atoms with E-state index in [1.165, 1.54) is 12.1 Å². The van der Waals surface area contributed by atoms with Gasteiger partial charge in [-0.3, -0.25) is 4.57 Å². The fourth-order valence-electron chi connectivity index (χ4n) is 2.02. The number of rotatable bonds is 2. The molecule has 0 spiro atoms. The molecular weight excluding hydrogens is 293 g/mol. The van der Waals surface area contributed by atoms with Gasteiger partial charge >= 0.3 is 6.18 Å². The predicted molar refractivity (Wildman–Crippen MR) is 74.3 cm³/mol. The average molecular weight is 304 g/mol. The first kappa shape index (κ1) is 14.2. The van der Waals surface area contributed by atoms with Gasteiger partial charge in [0.1, 0.15) is 6.33 Å². The summed E-state index contributed by atoms with van der Waals surface area (Å²) in [7, 11) is 0. The van der Waals surface area contributed by atoms with E-state index in [1.54, 1.807) is 36.3 Å². The number of halogens is 3. The number of aromatic nitrogens is 4. The lowest BCUT2D eigenvalue weighted by Crippen LogP contribution is -2.04. The molecule has 0 aliphatic heterocycles. The zero-order chi connectivity index (χ0) is 15.7. The highest BCUT2D eigenvalue weighted by molar-refractivity contribution is 5.60. The van der Waals surface area contributed by atoms with Crippen LogP contribution in [-0.4, -0.2) is 19.5 Å². The van der Waals surface area contributed by atoms with Crippen LogP contribution in [0.5, 0.6) is 0 Å². The Morgan fingerprint density at radius 2 is 1.77 bits per heavy atom. The van der Waals surface area contributed by atoms with Crippen LogP contribution in [0.25, 0.3) is 17.2 Å².